The summed E-state index contributed by atoms with van der Waals surface area (Å²) in [6.07, 6.45) is 1.79. The van der Waals surface area contributed by atoms with Gasteiger partial charge in [0, 0.05) is 18.7 Å². The predicted octanol–water partition coefficient (Wildman–Crippen LogP) is 3.20. The molecule has 0 fully saturated rings. The van der Waals surface area contributed by atoms with Gasteiger partial charge in [0.2, 0.25) is 0 Å². The standard InChI is InChI=1S/C13H10N2O/c1-9-15-12-8-10(5-6-13(12)16-9)11-4-2-3-7-14-11/h2-8H,1H3. The molecule has 0 saturated heterocycles. The zero-order chi connectivity index (χ0) is 11.0. The molecular formula is C13H10N2O. The number of oxazole rings is 1. The lowest BCUT2D eigenvalue weighted by Gasteiger charge is -1.98. The molecule has 1 aromatic carbocycles. The normalized spacial score (nSPS) is 10.8. The van der Waals surface area contributed by atoms with Crippen LogP contribution < -0.4 is 0 Å². The number of hydrogen-bond donors (Lipinski definition) is 0. The molecular weight excluding hydrogens is 200 g/mol. The summed E-state index contributed by atoms with van der Waals surface area (Å²) >= 11 is 0. The molecule has 0 spiro atoms. The van der Waals surface area contributed by atoms with Crippen molar-refractivity contribution >= 4 is 11.1 Å². The number of fused-ring (bicyclic) bond motifs is 1. The van der Waals surface area contributed by atoms with Crippen LogP contribution in [0.5, 0.6) is 0 Å². The Hall–Kier alpha value is -2.16. The zero-order valence-corrected chi connectivity index (χ0v) is 8.84. The predicted molar refractivity (Wildman–Crippen MR) is 62.0 cm³/mol. The van der Waals surface area contributed by atoms with Crippen molar-refractivity contribution in [1.29, 1.82) is 0 Å². The van der Waals surface area contributed by atoms with Crippen LogP contribution in [0.25, 0.3) is 22.4 Å². The lowest BCUT2D eigenvalue weighted by molar-refractivity contribution is 0.561. The highest BCUT2D eigenvalue weighted by atomic mass is 16.3. The fourth-order valence-electron chi connectivity index (χ4n) is 1.74. The SMILES string of the molecule is Cc1nc2cc(-c3ccccn3)ccc2o1. The molecule has 78 valence electrons. The summed E-state index contributed by atoms with van der Waals surface area (Å²) < 4.78 is 5.43. The maximum Gasteiger partial charge on any atom is 0.192 e. The maximum absolute atomic E-state index is 5.43. The molecule has 0 bridgehead atoms. The van der Waals surface area contributed by atoms with Gasteiger partial charge >= 0.3 is 0 Å². The van der Waals surface area contributed by atoms with Gasteiger partial charge in [-0.15, -0.1) is 0 Å². The topological polar surface area (TPSA) is 38.9 Å². The Labute approximate surface area is 92.8 Å². The van der Waals surface area contributed by atoms with E-state index in [1.165, 1.54) is 0 Å². The van der Waals surface area contributed by atoms with E-state index in [1.54, 1.807) is 6.20 Å². The summed E-state index contributed by atoms with van der Waals surface area (Å²) in [6, 6.07) is 11.8. The van der Waals surface area contributed by atoms with Crippen molar-refractivity contribution in [3.63, 3.8) is 0 Å². The van der Waals surface area contributed by atoms with E-state index in [9.17, 15) is 0 Å². The van der Waals surface area contributed by atoms with E-state index in [1.807, 2.05) is 43.3 Å². The molecule has 0 N–H and O–H groups in total. The van der Waals surface area contributed by atoms with Crippen LogP contribution >= 0.6 is 0 Å². The lowest BCUT2D eigenvalue weighted by atomic mass is 10.1. The van der Waals surface area contributed by atoms with E-state index in [0.29, 0.717) is 5.89 Å². The molecule has 0 atom stereocenters. The quantitative estimate of drug-likeness (QED) is 0.619. The number of aryl methyl sites for hydroxylation is 1. The molecule has 0 radical (unpaired) electrons. The number of benzene rings is 1. The minimum Gasteiger partial charge on any atom is -0.441 e. The third kappa shape index (κ3) is 1.46. The summed E-state index contributed by atoms with van der Waals surface area (Å²) in [5.41, 5.74) is 3.70. The maximum atomic E-state index is 5.43. The Morgan fingerprint density at radius 3 is 2.88 bits per heavy atom. The van der Waals surface area contributed by atoms with Gasteiger partial charge in [0.25, 0.3) is 0 Å². The Morgan fingerprint density at radius 1 is 1.12 bits per heavy atom. The Bertz CT molecular complexity index is 629. The van der Waals surface area contributed by atoms with Gasteiger partial charge in [0.15, 0.2) is 11.5 Å². The van der Waals surface area contributed by atoms with Gasteiger partial charge in [0.1, 0.15) is 5.52 Å². The second-order valence-corrected chi connectivity index (χ2v) is 3.63. The van der Waals surface area contributed by atoms with Crippen LogP contribution in [0.3, 0.4) is 0 Å². The molecule has 0 saturated carbocycles. The molecule has 0 amide bonds. The number of nitrogens with zero attached hydrogens (tertiary/aromatic N) is 2. The first-order chi connectivity index (χ1) is 7.83. The zero-order valence-electron chi connectivity index (χ0n) is 8.84. The van der Waals surface area contributed by atoms with E-state index < -0.39 is 0 Å². The van der Waals surface area contributed by atoms with Crippen molar-refractivity contribution in [2.45, 2.75) is 6.92 Å². The van der Waals surface area contributed by atoms with Gasteiger partial charge in [-0.2, -0.15) is 0 Å². The van der Waals surface area contributed by atoms with E-state index in [0.717, 1.165) is 22.4 Å². The van der Waals surface area contributed by atoms with E-state index in [2.05, 4.69) is 9.97 Å². The summed E-state index contributed by atoms with van der Waals surface area (Å²) in [5, 5.41) is 0. The molecule has 3 nitrogen and oxygen atoms in total. The number of aromatic nitrogens is 2. The van der Waals surface area contributed by atoms with Crippen LogP contribution in [0.1, 0.15) is 5.89 Å². The van der Waals surface area contributed by atoms with Gasteiger partial charge < -0.3 is 4.42 Å². The molecule has 16 heavy (non-hydrogen) atoms. The molecule has 0 aliphatic rings. The average Bonchev–Trinajstić information content (AvgIpc) is 2.69. The fraction of sp³-hybridized carbons (Fsp3) is 0.0769. The molecule has 0 aliphatic carbocycles. The minimum atomic E-state index is 0.688. The minimum absolute atomic E-state index is 0.688. The van der Waals surface area contributed by atoms with Crippen molar-refractivity contribution < 1.29 is 4.42 Å². The average molecular weight is 210 g/mol. The molecule has 2 aromatic heterocycles. The molecule has 3 aromatic rings. The highest BCUT2D eigenvalue weighted by Gasteiger charge is 2.04. The monoisotopic (exact) mass is 210 g/mol. The van der Waals surface area contributed by atoms with Crippen LogP contribution in [-0.2, 0) is 0 Å². The van der Waals surface area contributed by atoms with Crippen LogP contribution in [0.4, 0.5) is 0 Å². The second-order valence-electron chi connectivity index (χ2n) is 3.63. The molecule has 0 aliphatic heterocycles. The molecule has 3 rings (SSSR count). The first-order valence-corrected chi connectivity index (χ1v) is 5.11. The van der Waals surface area contributed by atoms with E-state index in [4.69, 9.17) is 4.42 Å². The summed E-state index contributed by atoms with van der Waals surface area (Å²) in [4.78, 5) is 8.61. The Kier molecular flexibility index (Phi) is 1.96. The summed E-state index contributed by atoms with van der Waals surface area (Å²) in [5.74, 6) is 0.688. The van der Waals surface area contributed by atoms with Crippen LogP contribution in [0.15, 0.2) is 47.0 Å². The van der Waals surface area contributed by atoms with Crippen LogP contribution in [0.2, 0.25) is 0 Å². The first-order valence-electron chi connectivity index (χ1n) is 5.11. The molecule has 2 heterocycles. The second kappa shape index (κ2) is 3.45. The van der Waals surface area contributed by atoms with Gasteiger partial charge in [-0.05, 0) is 30.3 Å². The van der Waals surface area contributed by atoms with Gasteiger partial charge in [0.05, 0.1) is 5.69 Å². The van der Waals surface area contributed by atoms with Gasteiger partial charge in [-0.25, -0.2) is 4.98 Å². The number of hydrogen-bond acceptors (Lipinski definition) is 3. The van der Waals surface area contributed by atoms with Crippen LogP contribution in [-0.4, -0.2) is 9.97 Å². The fourth-order valence-corrected chi connectivity index (χ4v) is 1.74. The first kappa shape index (κ1) is 9.09. The third-order valence-electron chi connectivity index (χ3n) is 2.46. The number of rotatable bonds is 1. The van der Waals surface area contributed by atoms with Crippen molar-refractivity contribution in [3.05, 3.63) is 48.5 Å². The summed E-state index contributed by atoms with van der Waals surface area (Å²) in [7, 11) is 0. The third-order valence-corrected chi connectivity index (χ3v) is 2.46. The van der Waals surface area contributed by atoms with Crippen molar-refractivity contribution in [1.82, 2.24) is 9.97 Å². The van der Waals surface area contributed by atoms with Gasteiger partial charge in [-0.3, -0.25) is 4.98 Å². The molecule has 3 heteroatoms. The van der Waals surface area contributed by atoms with Crippen molar-refractivity contribution in [3.8, 4) is 11.3 Å². The van der Waals surface area contributed by atoms with Crippen molar-refractivity contribution in [2.24, 2.45) is 0 Å². The highest BCUT2D eigenvalue weighted by molar-refractivity contribution is 5.79. The Balaban J connectivity index is 2.18. The highest BCUT2D eigenvalue weighted by Crippen LogP contribution is 2.22. The summed E-state index contributed by atoms with van der Waals surface area (Å²) in [6.45, 7) is 1.85. The number of pyridine rings is 1. The van der Waals surface area contributed by atoms with Gasteiger partial charge in [-0.1, -0.05) is 6.07 Å². The smallest absolute Gasteiger partial charge is 0.192 e. The van der Waals surface area contributed by atoms with E-state index >= 15 is 0 Å². The van der Waals surface area contributed by atoms with E-state index in [-0.39, 0.29) is 0 Å². The largest absolute Gasteiger partial charge is 0.441 e. The molecule has 0 unspecified atom stereocenters. The van der Waals surface area contributed by atoms with Crippen LogP contribution in [0, 0.1) is 6.92 Å². The van der Waals surface area contributed by atoms with Crippen molar-refractivity contribution in [2.75, 3.05) is 0 Å². The Morgan fingerprint density at radius 2 is 2.06 bits per heavy atom. The lowest BCUT2D eigenvalue weighted by Crippen LogP contribution is -1.81.